The fourth-order valence-corrected chi connectivity index (χ4v) is 4.09. The van der Waals surface area contributed by atoms with Gasteiger partial charge in [-0.1, -0.05) is 19.1 Å². The van der Waals surface area contributed by atoms with Gasteiger partial charge in [-0.2, -0.15) is 0 Å². The van der Waals surface area contributed by atoms with E-state index in [4.69, 9.17) is 9.47 Å². The summed E-state index contributed by atoms with van der Waals surface area (Å²) in [6.07, 6.45) is 2.72. The van der Waals surface area contributed by atoms with Crippen molar-refractivity contribution in [2.45, 2.75) is 39.2 Å². The van der Waals surface area contributed by atoms with Crippen LogP contribution in [0.25, 0.3) is 0 Å². The first kappa shape index (κ1) is 17.8. The highest BCUT2D eigenvalue weighted by Crippen LogP contribution is 2.30. The molecule has 0 atom stereocenters. The number of hydrogen-bond donors (Lipinski definition) is 0. The topological polar surface area (TPSA) is 38.8 Å². The molecule has 0 radical (unpaired) electrons. The summed E-state index contributed by atoms with van der Waals surface area (Å²) in [5, 5.41) is 2.01. The summed E-state index contributed by atoms with van der Waals surface area (Å²) in [5.41, 5.74) is 1.15. The minimum atomic E-state index is 0.125. The Morgan fingerprint density at radius 3 is 2.56 bits per heavy atom. The van der Waals surface area contributed by atoms with Crippen LogP contribution < -0.4 is 9.47 Å². The maximum Gasteiger partial charge on any atom is 0.264 e. The molecule has 0 N–H and O–H groups in total. The number of carbonyl (C=O) groups excluding carboxylic acids is 1. The van der Waals surface area contributed by atoms with E-state index >= 15 is 0 Å². The van der Waals surface area contributed by atoms with Gasteiger partial charge < -0.3 is 14.4 Å². The van der Waals surface area contributed by atoms with Crippen molar-refractivity contribution >= 4 is 17.2 Å². The molecule has 0 spiro atoms. The third-order valence-corrected chi connectivity index (χ3v) is 5.44. The maximum absolute atomic E-state index is 12.7. The number of amides is 1. The lowest BCUT2D eigenvalue weighted by Crippen LogP contribution is -2.41. The summed E-state index contributed by atoms with van der Waals surface area (Å²) in [4.78, 5) is 15.6. The van der Waals surface area contributed by atoms with Gasteiger partial charge in [0.05, 0.1) is 11.5 Å². The number of likely N-dealkylation sites (tertiary alicyclic amines) is 1. The van der Waals surface area contributed by atoms with Crippen molar-refractivity contribution in [1.29, 1.82) is 0 Å². The van der Waals surface area contributed by atoms with E-state index in [0.717, 1.165) is 54.3 Å². The predicted octanol–water partition coefficient (Wildman–Crippen LogP) is 4.39. The number of nitrogens with zero attached hydrogens (tertiary/aromatic N) is 1. The number of aryl methyl sites for hydroxylation is 1. The zero-order valence-corrected chi connectivity index (χ0v) is 15.7. The molecular formula is C20H25NO3S. The average molecular weight is 359 g/mol. The summed E-state index contributed by atoms with van der Waals surface area (Å²) >= 11 is 1.55. The quantitative estimate of drug-likeness (QED) is 0.768. The molecule has 3 rings (SSSR count). The predicted molar refractivity (Wildman–Crippen MR) is 101 cm³/mol. The van der Waals surface area contributed by atoms with Gasteiger partial charge in [0.25, 0.3) is 5.91 Å². The molecule has 25 heavy (non-hydrogen) atoms. The van der Waals surface area contributed by atoms with Crippen LogP contribution in [-0.2, 0) is 6.42 Å². The van der Waals surface area contributed by atoms with Crippen LogP contribution in [0.2, 0.25) is 0 Å². The Kier molecular flexibility index (Phi) is 5.97. The fraction of sp³-hybridized carbons (Fsp3) is 0.450. The van der Waals surface area contributed by atoms with Crippen LogP contribution in [0.5, 0.6) is 11.5 Å². The fourth-order valence-electron chi connectivity index (χ4n) is 3.12. The van der Waals surface area contributed by atoms with Crippen LogP contribution >= 0.6 is 11.3 Å². The minimum absolute atomic E-state index is 0.125. The highest BCUT2D eigenvalue weighted by Gasteiger charge is 2.26. The van der Waals surface area contributed by atoms with E-state index in [2.05, 4.69) is 13.0 Å². The van der Waals surface area contributed by atoms with E-state index in [1.54, 1.807) is 11.3 Å². The molecule has 1 saturated heterocycles. The largest absolute Gasteiger partial charge is 0.490 e. The number of piperidine rings is 1. The molecule has 5 heteroatoms. The van der Waals surface area contributed by atoms with Gasteiger partial charge in [-0.05, 0) is 42.5 Å². The number of carbonyl (C=O) groups is 1. The zero-order valence-electron chi connectivity index (χ0n) is 14.9. The van der Waals surface area contributed by atoms with Gasteiger partial charge in [0.2, 0.25) is 0 Å². The van der Waals surface area contributed by atoms with Crippen LogP contribution in [0, 0.1) is 0 Å². The Bertz CT molecular complexity index is 704. The molecule has 4 nitrogen and oxygen atoms in total. The van der Waals surface area contributed by atoms with E-state index in [1.807, 2.05) is 41.5 Å². The van der Waals surface area contributed by atoms with Crippen LogP contribution in [0.1, 0.15) is 41.9 Å². The van der Waals surface area contributed by atoms with Crippen LogP contribution in [0.3, 0.4) is 0 Å². The Morgan fingerprint density at radius 2 is 1.88 bits per heavy atom. The molecule has 1 aromatic carbocycles. The lowest BCUT2D eigenvalue weighted by molar-refractivity contribution is 0.0593. The summed E-state index contributed by atoms with van der Waals surface area (Å²) in [6.45, 7) is 6.15. The first-order valence-corrected chi connectivity index (χ1v) is 9.85. The third-order valence-electron chi connectivity index (χ3n) is 4.49. The molecule has 1 aliphatic heterocycles. The summed E-state index contributed by atoms with van der Waals surface area (Å²) < 4.78 is 11.8. The molecule has 2 heterocycles. The van der Waals surface area contributed by atoms with Gasteiger partial charge in [-0.3, -0.25) is 4.79 Å². The molecule has 0 unspecified atom stereocenters. The van der Waals surface area contributed by atoms with E-state index in [9.17, 15) is 4.79 Å². The van der Waals surface area contributed by atoms with E-state index in [0.29, 0.717) is 6.61 Å². The molecule has 0 bridgehead atoms. The summed E-state index contributed by atoms with van der Waals surface area (Å²) in [6, 6.07) is 9.84. The highest BCUT2D eigenvalue weighted by molar-refractivity contribution is 7.12. The Morgan fingerprint density at radius 1 is 1.16 bits per heavy atom. The number of thiophene rings is 1. The number of benzene rings is 1. The Hall–Kier alpha value is -2.01. The second-order valence-corrected chi connectivity index (χ2v) is 7.03. The van der Waals surface area contributed by atoms with Gasteiger partial charge in [-0.15, -0.1) is 11.3 Å². The van der Waals surface area contributed by atoms with Gasteiger partial charge >= 0.3 is 0 Å². The number of hydrogen-bond acceptors (Lipinski definition) is 4. The molecule has 1 fully saturated rings. The van der Waals surface area contributed by atoms with Gasteiger partial charge in [-0.25, -0.2) is 0 Å². The van der Waals surface area contributed by atoms with Crippen molar-refractivity contribution in [3.63, 3.8) is 0 Å². The van der Waals surface area contributed by atoms with Crippen molar-refractivity contribution in [2.24, 2.45) is 0 Å². The lowest BCUT2D eigenvalue weighted by Gasteiger charge is -2.32. The SMILES string of the molecule is CCOc1ccccc1OC1CCN(C(=O)c2sccc2CC)CC1. The summed E-state index contributed by atoms with van der Waals surface area (Å²) in [5.74, 6) is 1.75. The maximum atomic E-state index is 12.7. The number of para-hydroxylation sites is 2. The van der Waals surface area contributed by atoms with Crippen molar-refractivity contribution < 1.29 is 14.3 Å². The average Bonchev–Trinajstić information content (AvgIpc) is 3.12. The minimum Gasteiger partial charge on any atom is -0.490 e. The monoisotopic (exact) mass is 359 g/mol. The van der Waals surface area contributed by atoms with E-state index in [-0.39, 0.29) is 12.0 Å². The van der Waals surface area contributed by atoms with Crippen molar-refractivity contribution in [3.8, 4) is 11.5 Å². The molecule has 1 amide bonds. The first-order chi connectivity index (χ1) is 12.2. The van der Waals surface area contributed by atoms with Gasteiger partial charge in [0.15, 0.2) is 11.5 Å². The summed E-state index contributed by atoms with van der Waals surface area (Å²) in [7, 11) is 0. The second-order valence-electron chi connectivity index (χ2n) is 6.12. The zero-order chi connectivity index (χ0) is 17.6. The Labute approximate surface area is 153 Å². The number of ether oxygens (including phenoxy) is 2. The molecule has 134 valence electrons. The third kappa shape index (κ3) is 4.15. The molecule has 1 aliphatic rings. The standard InChI is InChI=1S/C20H25NO3S/c1-3-15-11-14-25-19(15)20(22)21-12-9-16(10-13-21)24-18-8-6-5-7-17(18)23-4-2/h5-8,11,14,16H,3-4,9-10,12-13H2,1-2H3. The normalized spacial score (nSPS) is 15.2. The van der Waals surface area contributed by atoms with Crippen LogP contribution in [0.15, 0.2) is 35.7 Å². The van der Waals surface area contributed by atoms with E-state index in [1.165, 1.54) is 0 Å². The smallest absolute Gasteiger partial charge is 0.264 e. The molecule has 2 aromatic rings. The highest BCUT2D eigenvalue weighted by atomic mass is 32.1. The second kappa shape index (κ2) is 8.39. The Balaban J connectivity index is 1.58. The lowest BCUT2D eigenvalue weighted by atomic mass is 10.1. The molecule has 0 aliphatic carbocycles. The van der Waals surface area contributed by atoms with Gasteiger partial charge in [0, 0.05) is 25.9 Å². The number of rotatable bonds is 6. The van der Waals surface area contributed by atoms with Crippen LogP contribution in [-0.4, -0.2) is 36.6 Å². The molecular weight excluding hydrogens is 334 g/mol. The van der Waals surface area contributed by atoms with Gasteiger partial charge in [0.1, 0.15) is 6.10 Å². The molecule has 0 saturated carbocycles. The van der Waals surface area contributed by atoms with E-state index < -0.39 is 0 Å². The van der Waals surface area contributed by atoms with Crippen molar-refractivity contribution in [1.82, 2.24) is 4.90 Å². The van der Waals surface area contributed by atoms with Crippen molar-refractivity contribution in [2.75, 3.05) is 19.7 Å². The first-order valence-electron chi connectivity index (χ1n) is 8.97. The molecule has 1 aromatic heterocycles. The van der Waals surface area contributed by atoms with Crippen molar-refractivity contribution in [3.05, 3.63) is 46.2 Å². The van der Waals surface area contributed by atoms with Crippen LogP contribution in [0.4, 0.5) is 0 Å².